The fraction of sp³-hybridized carbons (Fsp3) is 0.333. The molecule has 1 aromatic carbocycles. The third-order valence-corrected chi connectivity index (χ3v) is 4.00. The van der Waals surface area contributed by atoms with Gasteiger partial charge in [0.15, 0.2) is 0 Å². The zero-order valence-corrected chi connectivity index (χ0v) is 14.3. The van der Waals surface area contributed by atoms with Gasteiger partial charge in [0.1, 0.15) is 5.75 Å². The minimum absolute atomic E-state index is 0.730. The van der Waals surface area contributed by atoms with Crippen molar-refractivity contribution in [1.82, 2.24) is 25.3 Å². The quantitative estimate of drug-likeness (QED) is 0.701. The van der Waals surface area contributed by atoms with E-state index in [9.17, 15) is 0 Å². The van der Waals surface area contributed by atoms with Gasteiger partial charge in [-0.2, -0.15) is 10.2 Å². The molecular weight excluding hydrogens is 302 g/mol. The highest BCUT2D eigenvalue weighted by molar-refractivity contribution is 5.61. The van der Waals surface area contributed by atoms with Crippen molar-refractivity contribution >= 4 is 0 Å². The number of H-pyrrole nitrogens is 1. The molecule has 2 heterocycles. The summed E-state index contributed by atoms with van der Waals surface area (Å²) in [6.45, 7) is 6.55. The van der Waals surface area contributed by atoms with Crippen LogP contribution in [0.25, 0.3) is 11.3 Å². The summed E-state index contributed by atoms with van der Waals surface area (Å²) < 4.78 is 7.22. The maximum atomic E-state index is 5.26. The maximum Gasteiger partial charge on any atom is 0.119 e. The minimum Gasteiger partial charge on any atom is -0.497 e. The normalized spacial score (nSPS) is 11.0. The summed E-state index contributed by atoms with van der Waals surface area (Å²) in [7, 11) is 1.67. The third-order valence-electron chi connectivity index (χ3n) is 4.00. The van der Waals surface area contributed by atoms with E-state index in [2.05, 4.69) is 39.8 Å². The van der Waals surface area contributed by atoms with Crippen LogP contribution in [0.15, 0.2) is 36.5 Å². The first-order valence-corrected chi connectivity index (χ1v) is 8.12. The second kappa shape index (κ2) is 7.31. The van der Waals surface area contributed by atoms with Crippen molar-refractivity contribution < 1.29 is 4.74 Å². The van der Waals surface area contributed by atoms with Crippen molar-refractivity contribution in [1.29, 1.82) is 0 Å². The average Bonchev–Trinajstić information content (AvgIpc) is 3.22. The van der Waals surface area contributed by atoms with Crippen LogP contribution in [-0.2, 0) is 19.6 Å². The Morgan fingerprint density at radius 1 is 1.25 bits per heavy atom. The van der Waals surface area contributed by atoms with Crippen LogP contribution in [0.1, 0.15) is 23.9 Å². The van der Waals surface area contributed by atoms with Gasteiger partial charge in [-0.3, -0.25) is 9.78 Å². The van der Waals surface area contributed by atoms with Gasteiger partial charge in [-0.25, -0.2) is 0 Å². The Hall–Kier alpha value is -2.60. The van der Waals surface area contributed by atoms with Crippen LogP contribution in [0.4, 0.5) is 0 Å². The second-order valence-corrected chi connectivity index (χ2v) is 5.71. The first kappa shape index (κ1) is 16.3. The van der Waals surface area contributed by atoms with Crippen LogP contribution in [0.2, 0.25) is 0 Å². The number of nitrogens with zero attached hydrogens (tertiary/aromatic N) is 3. The highest BCUT2D eigenvalue weighted by atomic mass is 16.5. The predicted molar refractivity (Wildman–Crippen MR) is 93.8 cm³/mol. The summed E-state index contributed by atoms with van der Waals surface area (Å²) in [5, 5.41) is 15.4. The number of benzene rings is 1. The number of nitrogens with one attached hydrogen (secondary N) is 2. The van der Waals surface area contributed by atoms with Crippen molar-refractivity contribution in [2.45, 2.75) is 33.5 Å². The summed E-state index contributed by atoms with van der Waals surface area (Å²) >= 11 is 0. The van der Waals surface area contributed by atoms with E-state index in [-0.39, 0.29) is 0 Å². The number of rotatable bonds is 7. The van der Waals surface area contributed by atoms with E-state index in [1.165, 1.54) is 5.56 Å². The van der Waals surface area contributed by atoms with E-state index in [0.29, 0.717) is 0 Å². The molecule has 0 saturated heterocycles. The Kier molecular flexibility index (Phi) is 4.96. The minimum atomic E-state index is 0.730. The second-order valence-electron chi connectivity index (χ2n) is 5.71. The van der Waals surface area contributed by atoms with Gasteiger partial charge in [0, 0.05) is 42.7 Å². The van der Waals surface area contributed by atoms with Gasteiger partial charge in [0.05, 0.1) is 18.5 Å². The van der Waals surface area contributed by atoms with Gasteiger partial charge in [-0.05, 0) is 32.0 Å². The number of ether oxygens (including phenoxy) is 1. The Morgan fingerprint density at radius 3 is 2.88 bits per heavy atom. The Labute approximate surface area is 141 Å². The molecule has 0 amide bonds. The topological polar surface area (TPSA) is 67.8 Å². The van der Waals surface area contributed by atoms with E-state index in [1.54, 1.807) is 7.11 Å². The Bertz CT molecular complexity index is 805. The van der Waals surface area contributed by atoms with E-state index in [0.717, 1.165) is 48.0 Å². The molecule has 0 atom stereocenters. The van der Waals surface area contributed by atoms with Crippen LogP contribution < -0.4 is 10.1 Å². The van der Waals surface area contributed by atoms with E-state index < -0.39 is 0 Å². The molecular formula is C18H23N5O. The lowest BCUT2D eigenvalue weighted by atomic mass is 10.1. The molecule has 0 radical (unpaired) electrons. The molecule has 3 aromatic rings. The monoisotopic (exact) mass is 325 g/mol. The lowest BCUT2D eigenvalue weighted by molar-refractivity contribution is 0.415. The van der Waals surface area contributed by atoms with Gasteiger partial charge in [0.25, 0.3) is 0 Å². The van der Waals surface area contributed by atoms with Crippen LogP contribution in [0.5, 0.6) is 5.75 Å². The summed E-state index contributed by atoms with van der Waals surface area (Å²) in [4.78, 5) is 0. The number of hydrogen-bond acceptors (Lipinski definition) is 4. The fourth-order valence-corrected chi connectivity index (χ4v) is 2.61. The lowest BCUT2D eigenvalue weighted by Crippen LogP contribution is -2.13. The molecule has 0 aliphatic rings. The Balaban J connectivity index is 1.60. The summed E-state index contributed by atoms with van der Waals surface area (Å²) in [6.07, 6.45) is 2.09. The molecule has 3 rings (SSSR count). The third kappa shape index (κ3) is 3.65. The van der Waals surface area contributed by atoms with E-state index >= 15 is 0 Å². The molecule has 2 aromatic heterocycles. The van der Waals surface area contributed by atoms with E-state index in [1.807, 2.05) is 35.9 Å². The highest BCUT2D eigenvalue weighted by Crippen LogP contribution is 2.22. The summed E-state index contributed by atoms with van der Waals surface area (Å²) in [5.74, 6) is 0.832. The van der Waals surface area contributed by atoms with Crippen LogP contribution >= 0.6 is 0 Å². The van der Waals surface area contributed by atoms with Crippen LogP contribution in [0, 0.1) is 6.92 Å². The molecule has 0 aliphatic carbocycles. The smallest absolute Gasteiger partial charge is 0.119 e. The maximum absolute atomic E-state index is 5.26. The zero-order chi connectivity index (χ0) is 16.9. The molecule has 0 fully saturated rings. The highest BCUT2D eigenvalue weighted by Gasteiger charge is 2.07. The lowest BCUT2D eigenvalue weighted by Gasteiger charge is -2.02. The van der Waals surface area contributed by atoms with Gasteiger partial charge in [0.2, 0.25) is 0 Å². The molecule has 126 valence electrons. The van der Waals surface area contributed by atoms with Gasteiger partial charge in [-0.1, -0.05) is 12.1 Å². The zero-order valence-electron chi connectivity index (χ0n) is 14.3. The molecule has 6 nitrogen and oxygen atoms in total. The molecule has 0 saturated carbocycles. The number of aryl methyl sites for hydroxylation is 2. The average molecular weight is 325 g/mol. The molecule has 24 heavy (non-hydrogen) atoms. The number of aromatic nitrogens is 4. The largest absolute Gasteiger partial charge is 0.497 e. The number of methoxy groups -OCH3 is 1. The van der Waals surface area contributed by atoms with Gasteiger partial charge >= 0.3 is 0 Å². The van der Waals surface area contributed by atoms with Crippen molar-refractivity contribution in [3.63, 3.8) is 0 Å². The van der Waals surface area contributed by atoms with Crippen molar-refractivity contribution in [3.05, 3.63) is 53.5 Å². The molecule has 6 heteroatoms. The number of aromatic amines is 1. The standard InChI is InChI=1S/C18H23N5O/c1-4-23-12-15(13(2)22-23)10-19-11-16-9-18(21-20-16)14-6-5-7-17(8-14)24-3/h5-9,12,19H,4,10-11H2,1-3H3,(H,20,21). The molecule has 0 unspecified atom stereocenters. The molecule has 0 aliphatic heterocycles. The van der Waals surface area contributed by atoms with E-state index in [4.69, 9.17) is 4.74 Å². The molecule has 0 bridgehead atoms. The van der Waals surface area contributed by atoms with Crippen LogP contribution in [0.3, 0.4) is 0 Å². The molecule has 0 spiro atoms. The van der Waals surface area contributed by atoms with Gasteiger partial charge in [-0.15, -0.1) is 0 Å². The van der Waals surface area contributed by atoms with Crippen molar-refractivity contribution in [2.75, 3.05) is 7.11 Å². The van der Waals surface area contributed by atoms with Crippen molar-refractivity contribution in [2.24, 2.45) is 0 Å². The van der Waals surface area contributed by atoms with Crippen LogP contribution in [-0.4, -0.2) is 27.1 Å². The number of hydrogen-bond donors (Lipinski definition) is 2. The SMILES string of the molecule is CCn1cc(CNCc2cc(-c3cccc(OC)c3)n[nH]2)c(C)n1. The summed E-state index contributed by atoms with van der Waals surface area (Å²) in [6, 6.07) is 9.96. The summed E-state index contributed by atoms with van der Waals surface area (Å²) in [5.41, 5.74) is 5.31. The van der Waals surface area contributed by atoms with Gasteiger partial charge < -0.3 is 10.1 Å². The predicted octanol–water partition coefficient (Wildman–Crippen LogP) is 2.90. The fourth-order valence-electron chi connectivity index (χ4n) is 2.61. The first-order chi connectivity index (χ1) is 11.7. The molecule has 2 N–H and O–H groups in total. The van der Waals surface area contributed by atoms with Crippen molar-refractivity contribution in [3.8, 4) is 17.0 Å². The Morgan fingerprint density at radius 2 is 2.12 bits per heavy atom. The first-order valence-electron chi connectivity index (χ1n) is 8.12.